The summed E-state index contributed by atoms with van der Waals surface area (Å²) < 4.78 is 11.2. The van der Waals surface area contributed by atoms with E-state index in [9.17, 15) is 9.59 Å². The summed E-state index contributed by atoms with van der Waals surface area (Å²) >= 11 is 0. The van der Waals surface area contributed by atoms with Gasteiger partial charge in [0.25, 0.3) is 5.91 Å². The van der Waals surface area contributed by atoms with E-state index in [0.717, 1.165) is 24.9 Å². The fourth-order valence-corrected chi connectivity index (χ4v) is 4.06. The van der Waals surface area contributed by atoms with Crippen LogP contribution in [0.15, 0.2) is 28.7 Å². The maximum absolute atomic E-state index is 12.8. The molecule has 3 heterocycles. The molecule has 8 nitrogen and oxygen atoms in total. The summed E-state index contributed by atoms with van der Waals surface area (Å²) in [6.45, 7) is 7.41. The van der Waals surface area contributed by atoms with Crippen molar-refractivity contribution in [3.8, 4) is 0 Å². The maximum atomic E-state index is 12.8. The number of amides is 3. The molecule has 2 fully saturated rings. The molecule has 0 radical (unpaired) electrons. The van der Waals surface area contributed by atoms with Gasteiger partial charge in [0.1, 0.15) is 5.76 Å². The zero-order chi connectivity index (χ0) is 21.8. The second-order valence-corrected chi connectivity index (χ2v) is 8.10. The minimum atomic E-state index is -0.0956. The second kappa shape index (κ2) is 9.51. The summed E-state index contributed by atoms with van der Waals surface area (Å²) in [5.74, 6) is 1.17. The highest BCUT2D eigenvalue weighted by atomic mass is 16.5. The maximum Gasteiger partial charge on any atom is 0.321 e. The SMILES string of the molecule is CCc1ccc(NC(=O)N2CCC(c3nc(C(=O)N4CCOCC4)c(C)o3)CC2)cc1. The highest BCUT2D eigenvalue weighted by Gasteiger charge is 2.30. The van der Waals surface area contributed by atoms with E-state index < -0.39 is 0 Å². The third kappa shape index (κ3) is 4.90. The van der Waals surface area contributed by atoms with Gasteiger partial charge < -0.3 is 24.3 Å². The number of nitrogens with one attached hydrogen (secondary N) is 1. The minimum Gasteiger partial charge on any atom is -0.445 e. The smallest absolute Gasteiger partial charge is 0.321 e. The first-order chi connectivity index (χ1) is 15.0. The zero-order valence-corrected chi connectivity index (χ0v) is 18.2. The Morgan fingerprint density at radius 2 is 1.74 bits per heavy atom. The van der Waals surface area contributed by atoms with Crippen LogP contribution in [0.3, 0.4) is 0 Å². The van der Waals surface area contributed by atoms with E-state index in [4.69, 9.17) is 9.15 Å². The Kier molecular flexibility index (Phi) is 6.56. The topological polar surface area (TPSA) is 87.9 Å². The van der Waals surface area contributed by atoms with E-state index in [1.54, 1.807) is 11.8 Å². The summed E-state index contributed by atoms with van der Waals surface area (Å²) in [7, 11) is 0. The molecule has 31 heavy (non-hydrogen) atoms. The highest BCUT2D eigenvalue weighted by Crippen LogP contribution is 2.29. The first-order valence-electron chi connectivity index (χ1n) is 11.0. The number of carbonyl (C=O) groups excluding carboxylic acids is 2. The molecule has 0 bridgehead atoms. The third-order valence-corrected chi connectivity index (χ3v) is 6.06. The van der Waals surface area contributed by atoms with Gasteiger partial charge in [-0.2, -0.15) is 0 Å². The summed E-state index contributed by atoms with van der Waals surface area (Å²) in [6.07, 6.45) is 2.49. The molecular weight excluding hydrogens is 396 g/mol. The number of morpholine rings is 1. The second-order valence-electron chi connectivity index (χ2n) is 8.10. The Morgan fingerprint density at radius 1 is 1.06 bits per heavy atom. The van der Waals surface area contributed by atoms with Crippen LogP contribution in [0, 0.1) is 6.92 Å². The molecule has 1 aromatic carbocycles. The summed E-state index contributed by atoms with van der Waals surface area (Å²) in [5, 5.41) is 2.97. The van der Waals surface area contributed by atoms with Crippen LogP contribution in [0.4, 0.5) is 10.5 Å². The number of aromatic nitrogens is 1. The van der Waals surface area contributed by atoms with Crippen LogP contribution in [0.25, 0.3) is 0 Å². The van der Waals surface area contributed by atoms with Gasteiger partial charge >= 0.3 is 6.03 Å². The zero-order valence-electron chi connectivity index (χ0n) is 18.2. The standard InChI is InChI=1S/C23H30N4O4/c1-3-17-4-6-19(7-5-17)24-23(29)27-10-8-18(9-11-27)21-25-20(16(2)31-21)22(28)26-12-14-30-15-13-26/h4-7,18H,3,8-15H2,1-2H3,(H,24,29). The van der Waals surface area contributed by atoms with Crippen molar-refractivity contribution in [2.75, 3.05) is 44.7 Å². The number of urea groups is 1. The summed E-state index contributed by atoms with van der Waals surface area (Å²) in [6, 6.07) is 7.85. The Bertz CT molecular complexity index is 910. The molecule has 1 aromatic heterocycles. The van der Waals surface area contributed by atoms with Crippen LogP contribution in [0.2, 0.25) is 0 Å². The molecular formula is C23H30N4O4. The predicted molar refractivity (Wildman–Crippen MR) is 116 cm³/mol. The van der Waals surface area contributed by atoms with Crippen molar-refractivity contribution < 1.29 is 18.7 Å². The van der Waals surface area contributed by atoms with Crippen molar-refractivity contribution in [3.63, 3.8) is 0 Å². The molecule has 2 aliphatic heterocycles. The monoisotopic (exact) mass is 426 g/mol. The molecule has 0 spiro atoms. The molecule has 3 amide bonds. The average Bonchev–Trinajstić information content (AvgIpc) is 3.21. The molecule has 2 saturated heterocycles. The Morgan fingerprint density at radius 3 is 2.39 bits per heavy atom. The lowest BCUT2D eigenvalue weighted by molar-refractivity contribution is 0.0298. The first-order valence-corrected chi connectivity index (χ1v) is 11.0. The fourth-order valence-electron chi connectivity index (χ4n) is 4.06. The van der Waals surface area contributed by atoms with Crippen molar-refractivity contribution >= 4 is 17.6 Å². The first kappa shape index (κ1) is 21.4. The van der Waals surface area contributed by atoms with Crippen LogP contribution in [-0.4, -0.2) is 66.1 Å². The van der Waals surface area contributed by atoms with Crippen LogP contribution < -0.4 is 5.32 Å². The van der Waals surface area contributed by atoms with E-state index in [1.165, 1.54) is 5.56 Å². The van der Waals surface area contributed by atoms with Gasteiger partial charge in [0, 0.05) is 37.8 Å². The molecule has 1 N–H and O–H groups in total. The van der Waals surface area contributed by atoms with Crippen LogP contribution >= 0.6 is 0 Å². The molecule has 0 saturated carbocycles. The normalized spacial score (nSPS) is 17.6. The molecule has 2 aromatic rings. The van der Waals surface area contributed by atoms with Crippen molar-refractivity contribution in [1.29, 1.82) is 0 Å². The van der Waals surface area contributed by atoms with E-state index >= 15 is 0 Å². The minimum absolute atomic E-state index is 0.0885. The quantitative estimate of drug-likeness (QED) is 0.809. The lowest BCUT2D eigenvalue weighted by Crippen LogP contribution is -2.41. The largest absolute Gasteiger partial charge is 0.445 e. The van der Waals surface area contributed by atoms with E-state index in [1.807, 2.05) is 29.2 Å². The fraction of sp³-hybridized carbons (Fsp3) is 0.522. The number of anilines is 1. The van der Waals surface area contributed by atoms with Crippen molar-refractivity contribution in [3.05, 3.63) is 47.2 Å². The van der Waals surface area contributed by atoms with Gasteiger partial charge in [-0.1, -0.05) is 19.1 Å². The van der Waals surface area contributed by atoms with Gasteiger partial charge in [-0.3, -0.25) is 4.79 Å². The Labute approximate surface area is 182 Å². The molecule has 8 heteroatoms. The number of rotatable bonds is 4. The third-order valence-electron chi connectivity index (χ3n) is 6.06. The van der Waals surface area contributed by atoms with E-state index in [-0.39, 0.29) is 17.9 Å². The van der Waals surface area contributed by atoms with Gasteiger partial charge in [-0.25, -0.2) is 9.78 Å². The lowest BCUT2D eigenvalue weighted by Gasteiger charge is -2.30. The number of likely N-dealkylation sites (tertiary alicyclic amines) is 1. The van der Waals surface area contributed by atoms with Crippen LogP contribution in [-0.2, 0) is 11.2 Å². The van der Waals surface area contributed by atoms with Crippen LogP contribution in [0.1, 0.15) is 53.4 Å². The number of piperidine rings is 1. The number of carbonyl (C=O) groups is 2. The number of benzene rings is 1. The predicted octanol–water partition coefficient (Wildman–Crippen LogP) is 3.43. The Hall–Kier alpha value is -2.87. The van der Waals surface area contributed by atoms with Crippen LogP contribution in [0.5, 0.6) is 0 Å². The van der Waals surface area contributed by atoms with Gasteiger partial charge in [-0.05, 0) is 43.9 Å². The number of oxazole rings is 1. The average molecular weight is 427 g/mol. The highest BCUT2D eigenvalue weighted by molar-refractivity contribution is 5.93. The van der Waals surface area contributed by atoms with E-state index in [2.05, 4.69) is 17.2 Å². The molecule has 166 valence electrons. The molecule has 0 aliphatic carbocycles. The number of aryl methyl sites for hydroxylation is 2. The van der Waals surface area contributed by atoms with Gasteiger partial charge in [0.2, 0.25) is 0 Å². The molecule has 4 rings (SSSR count). The summed E-state index contributed by atoms with van der Waals surface area (Å²) in [4.78, 5) is 33.5. The molecule has 2 aliphatic rings. The lowest BCUT2D eigenvalue weighted by atomic mass is 9.97. The van der Waals surface area contributed by atoms with Crippen molar-refractivity contribution in [1.82, 2.24) is 14.8 Å². The van der Waals surface area contributed by atoms with Crippen molar-refractivity contribution in [2.24, 2.45) is 0 Å². The number of hydrogen-bond donors (Lipinski definition) is 1. The number of ether oxygens (including phenoxy) is 1. The van der Waals surface area contributed by atoms with Gasteiger partial charge in [0.05, 0.1) is 13.2 Å². The number of hydrogen-bond acceptors (Lipinski definition) is 5. The van der Waals surface area contributed by atoms with Gasteiger partial charge in [0.15, 0.2) is 11.6 Å². The summed E-state index contributed by atoms with van der Waals surface area (Å²) in [5.41, 5.74) is 2.44. The number of nitrogens with zero attached hydrogens (tertiary/aromatic N) is 3. The molecule has 0 atom stereocenters. The Balaban J connectivity index is 1.33. The van der Waals surface area contributed by atoms with Gasteiger partial charge in [-0.15, -0.1) is 0 Å². The van der Waals surface area contributed by atoms with Crippen molar-refractivity contribution in [2.45, 2.75) is 39.0 Å². The van der Waals surface area contributed by atoms with E-state index in [0.29, 0.717) is 56.7 Å². The molecule has 0 unspecified atom stereocenters.